The van der Waals surface area contributed by atoms with Crippen LogP contribution in [0, 0.1) is 0 Å². The van der Waals surface area contributed by atoms with Crippen molar-refractivity contribution in [1.82, 2.24) is 14.5 Å². The number of piperazine rings is 1. The number of rotatable bonds is 5. The third-order valence-electron chi connectivity index (χ3n) is 3.54. The fourth-order valence-electron chi connectivity index (χ4n) is 2.15. The van der Waals surface area contributed by atoms with Gasteiger partial charge in [0, 0.05) is 46.3 Å². The standard InChI is InChI=1S/C13H19Cl2N3O2S/c1-17(8-9-18-6-4-16-5-7-18)21(19,20)11-2-3-12(14)13(15)10-11/h2-3,10,16H,4-9H2,1H3. The first-order chi connectivity index (χ1) is 9.91. The van der Waals surface area contributed by atoms with E-state index in [2.05, 4.69) is 10.2 Å². The molecule has 2 rings (SSSR count). The average molecular weight is 352 g/mol. The fraction of sp³-hybridized carbons (Fsp3) is 0.538. The lowest BCUT2D eigenvalue weighted by Gasteiger charge is -2.28. The summed E-state index contributed by atoms with van der Waals surface area (Å²) in [5, 5.41) is 3.86. The molecule has 1 aromatic rings. The van der Waals surface area contributed by atoms with Crippen molar-refractivity contribution in [1.29, 1.82) is 0 Å². The molecule has 1 aliphatic heterocycles. The summed E-state index contributed by atoms with van der Waals surface area (Å²) in [6.45, 7) is 4.95. The number of hydrogen-bond acceptors (Lipinski definition) is 4. The maximum absolute atomic E-state index is 12.5. The summed E-state index contributed by atoms with van der Waals surface area (Å²) >= 11 is 11.7. The Kier molecular flexibility index (Phi) is 5.88. The first-order valence-electron chi connectivity index (χ1n) is 6.76. The molecule has 0 amide bonds. The predicted octanol–water partition coefficient (Wildman–Crippen LogP) is 1.52. The SMILES string of the molecule is CN(CCN1CCNCC1)S(=O)(=O)c1ccc(Cl)c(Cl)c1. The quantitative estimate of drug-likeness (QED) is 0.873. The Morgan fingerprint density at radius 1 is 1.24 bits per heavy atom. The molecule has 0 bridgehead atoms. The van der Waals surface area contributed by atoms with Gasteiger partial charge in [-0.1, -0.05) is 23.2 Å². The maximum atomic E-state index is 12.5. The second-order valence-electron chi connectivity index (χ2n) is 4.99. The highest BCUT2D eigenvalue weighted by Crippen LogP contribution is 2.26. The molecule has 0 spiro atoms. The molecule has 0 aliphatic carbocycles. The summed E-state index contributed by atoms with van der Waals surface area (Å²) in [6.07, 6.45) is 0. The third-order valence-corrected chi connectivity index (χ3v) is 6.13. The van der Waals surface area contributed by atoms with Crippen molar-refractivity contribution in [2.75, 3.05) is 46.3 Å². The van der Waals surface area contributed by atoms with Crippen molar-refractivity contribution in [2.24, 2.45) is 0 Å². The predicted molar refractivity (Wildman–Crippen MR) is 85.6 cm³/mol. The van der Waals surface area contributed by atoms with Crippen LogP contribution < -0.4 is 5.32 Å². The first-order valence-corrected chi connectivity index (χ1v) is 8.95. The monoisotopic (exact) mass is 351 g/mol. The van der Waals surface area contributed by atoms with Crippen LogP contribution in [0.2, 0.25) is 10.0 Å². The molecule has 0 unspecified atom stereocenters. The Balaban J connectivity index is 2.02. The van der Waals surface area contributed by atoms with Gasteiger partial charge in [0.2, 0.25) is 10.0 Å². The van der Waals surface area contributed by atoms with Gasteiger partial charge in [-0.15, -0.1) is 0 Å². The van der Waals surface area contributed by atoms with Gasteiger partial charge < -0.3 is 5.32 Å². The second kappa shape index (κ2) is 7.26. The Morgan fingerprint density at radius 3 is 2.52 bits per heavy atom. The Labute approximate surface area is 135 Å². The lowest BCUT2D eigenvalue weighted by molar-refractivity contribution is 0.229. The molecule has 0 aromatic heterocycles. The maximum Gasteiger partial charge on any atom is 0.242 e. The van der Waals surface area contributed by atoms with Gasteiger partial charge in [-0.2, -0.15) is 4.31 Å². The van der Waals surface area contributed by atoms with Gasteiger partial charge in [-0.25, -0.2) is 8.42 Å². The van der Waals surface area contributed by atoms with E-state index in [-0.39, 0.29) is 9.92 Å². The molecule has 1 fully saturated rings. The van der Waals surface area contributed by atoms with E-state index < -0.39 is 10.0 Å². The van der Waals surface area contributed by atoms with E-state index in [1.807, 2.05) is 0 Å². The topological polar surface area (TPSA) is 52.6 Å². The van der Waals surface area contributed by atoms with E-state index in [1.165, 1.54) is 22.5 Å². The average Bonchev–Trinajstić information content (AvgIpc) is 2.48. The molecule has 1 aromatic carbocycles. The van der Waals surface area contributed by atoms with E-state index in [4.69, 9.17) is 23.2 Å². The minimum Gasteiger partial charge on any atom is -0.314 e. The number of halogens is 2. The van der Waals surface area contributed by atoms with Crippen LogP contribution in [0.4, 0.5) is 0 Å². The van der Waals surface area contributed by atoms with Crippen molar-refractivity contribution in [3.63, 3.8) is 0 Å². The largest absolute Gasteiger partial charge is 0.314 e. The summed E-state index contributed by atoms with van der Waals surface area (Å²) in [4.78, 5) is 2.41. The van der Waals surface area contributed by atoms with Gasteiger partial charge in [0.1, 0.15) is 0 Å². The van der Waals surface area contributed by atoms with Gasteiger partial charge >= 0.3 is 0 Å². The molecule has 1 N–H and O–H groups in total. The molecule has 1 saturated heterocycles. The van der Waals surface area contributed by atoms with Crippen molar-refractivity contribution in [3.05, 3.63) is 28.2 Å². The molecular formula is C13H19Cl2N3O2S. The normalized spacial score (nSPS) is 17.3. The molecule has 5 nitrogen and oxygen atoms in total. The van der Waals surface area contributed by atoms with Gasteiger partial charge in [-0.3, -0.25) is 4.90 Å². The number of nitrogens with zero attached hydrogens (tertiary/aromatic N) is 2. The lowest BCUT2D eigenvalue weighted by atomic mass is 10.3. The van der Waals surface area contributed by atoms with Crippen LogP contribution in [0.15, 0.2) is 23.1 Å². The smallest absolute Gasteiger partial charge is 0.242 e. The molecule has 21 heavy (non-hydrogen) atoms. The van der Waals surface area contributed by atoms with E-state index in [0.29, 0.717) is 11.6 Å². The Bertz CT molecular complexity index is 589. The Morgan fingerprint density at radius 2 is 1.90 bits per heavy atom. The molecule has 0 saturated carbocycles. The van der Waals surface area contributed by atoms with Gasteiger partial charge in [0.15, 0.2) is 0 Å². The summed E-state index contributed by atoms with van der Waals surface area (Å²) in [5.74, 6) is 0. The van der Waals surface area contributed by atoms with Crippen LogP contribution in [0.3, 0.4) is 0 Å². The van der Waals surface area contributed by atoms with Crippen LogP contribution in [0.1, 0.15) is 0 Å². The van der Waals surface area contributed by atoms with E-state index in [1.54, 1.807) is 7.05 Å². The highest BCUT2D eigenvalue weighted by molar-refractivity contribution is 7.89. The Hall–Kier alpha value is -0.370. The minimum absolute atomic E-state index is 0.166. The van der Waals surface area contributed by atoms with Crippen LogP contribution in [0.5, 0.6) is 0 Å². The lowest BCUT2D eigenvalue weighted by Crippen LogP contribution is -2.46. The van der Waals surface area contributed by atoms with E-state index in [0.717, 1.165) is 32.7 Å². The van der Waals surface area contributed by atoms with E-state index in [9.17, 15) is 8.42 Å². The van der Waals surface area contributed by atoms with E-state index >= 15 is 0 Å². The first kappa shape index (κ1) is 17.0. The molecule has 0 radical (unpaired) electrons. The molecule has 1 aliphatic rings. The highest BCUT2D eigenvalue weighted by Gasteiger charge is 2.22. The number of hydrogen-bond donors (Lipinski definition) is 1. The van der Waals surface area contributed by atoms with Gasteiger partial charge in [0.05, 0.1) is 14.9 Å². The molecule has 1 heterocycles. The number of sulfonamides is 1. The highest BCUT2D eigenvalue weighted by atomic mass is 35.5. The molecular weight excluding hydrogens is 333 g/mol. The molecule has 118 valence electrons. The van der Waals surface area contributed by atoms with Gasteiger partial charge in [-0.05, 0) is 18.2 Å². The second-order valence-corrected chi connectivity index (χ2v) is 7.85. The van der Waals surface area contributed by atoms with Crippen LogP contribution >= 0.6 is 23.2 Å². The van der Waals surface area contributed by atoms with Crippen LogP contribution in [-0.4, -0.2) is 63.9 Å². The summed E-state index contributed by atoms with van der Waals surface area (Å²) in [5.41, 5.74) is 0. The zero-order valence-corrected chi connectivity index (χ0v) is 14.2. The number of nitrogens with one attached hydrogen (secondary N) is 1. The van der Waals surface area contributed by atoms with Crippen molar-refractivity contribution in [3.8, 4) is 0 Å². The zero-order chi connectivity index (χ0) is 15.5. The van der Waals surface area contributed by atoms with Crippen molar-refractivity contribution >= 4 is 33.2 Å². The summed E-state index contributed by atoms with van der Waals surface area (Å²) in [7, 11) is -1.95. The minimum atomic E-state index is -3.53. The third kappa shape index (κ3) is 4.31. The number of likely N-dealkylation sites (N-methyl/N-ethyl adjacent to an activating group) is 1. The van der Waals surface area contributed by atoms with Crippen molar-refractivity contribution in [2.45, 2.75) is 4.90 Å². The molecule has 0 atom stereocenters. The summed E-state index contributed by atoms with van der Waals surface area (Å²) < 4.78 is 26.3. The van der Waals surface area contributed by atoms with Crippen molar-refractivity contribution < 1.29 is 8.42 Å². The van der Waals surface area contributed by atoms with Crippen LogP contribution in [-0.2, 0) is 10.0 Å². The van der Waals surface area contributed by atoms with Crippen LogP contribution in [0.25, 0.3) is 0 Å². The fourth-order valence-corrected chi connectivity index (χ4v) is 3.71. The summed E-state index contributed by atoms with van der Waals surface area (Å²) in [6, 6.07) is 4.37. The van der Waals surface area contributed by atoms with Gasteiger partial charge in [0.25, 0.3) is 0 Å². The molecule has 8 heteroatoms. The number of benzene rings is 1. The zero-order valence-electron chi connectivity index (χ0n) is 11.8.